The first-order chi connectivity index (χ1) is 9.84. The summed E-state index contributed by atoms with van der Waals surface area (Å²) in [6, 6.07) is 3.33. The van der Waals surface area contributed by atoms with Gasteiger partial charge in [-0.2, -0.15) is 4.31 Å². The summed E-state index contributed by atoms with van der Waals surface area (Å²) in [6.07, 6.45) is 0.981. The number of nitrogens with zero attached hydrogens (tertiary/aromatic N) is 2. The Labute approximate surface area is 154 Å². The summed E-state index contributed by atoms with van der Waals surface area (Å²) in [5.41, 5.74) is 5.72. The van der Waals surface area contributed by atoms with Crippen LogP contribution < -0.4 is 11.1 Å². The number of halogens is 1. The van der Waals surface area contributed by atoms with Crippen LogP contribution in [-0.2, 0) is 10.0 Å². The number of likely N-dealkylation sites (N-methyl/N-ethyl adjacent to an activating group) is 1. The average molecular weight is 460 g/mol. The quantitative estimate of drug-likeness (QED) is 0.353. The van der Waals surface area contributed by atoms with Gasteiger partial charge in [0, 0.05) is 26.7 Å². The second-order valence-corrected chi connectivity index (χ2v) is 8.35. The molecular weight excluding hydrogens is 435 g/mol. The first-order valence-corrected chi connectivity index (χ1v) is 9.19. The molecule has 6 nitrogen and oxygen atoms in total. The number of thiophene rings is 1. The van der Waals surface area contributed by atoms with Crippen LogP contribution in [0.1, 0.15) is 20.3 Å². The van der Waals surface area contributed by atoms with E-state index in [1.165, 1.54) is 15.6 Å². The van der Waals surface area contributed by atoms with E-state index in [0.717, 1.165) is 6.42 Å². The number of guanidine groups is 1. The molecule has 0 saturated carbocycles. The molecule has 1 heterocycles. The van der Waals surface area contributed by atoms with Crippen LogP contribution in [0.3, 0.4) is 0 Å². The van der Waals surface area contributed by atoms with E-state index in [2.05, 4.69) is 24.2 Å². The summed E-state index contributed by atoms with van der Waals surface area (Å²) in [5, 5.41) is 4.68. The van der Waals surface area contributed by atoms with Gasteiger partial charge in [-0.15, -0.1) is 35.3 Å². The van der Waals surface area contributed by atoms with Crippen LogP contribution in [0.15, 0.2) is 26.7 Å². The molecule has 9 heteroatoms. The SMILES string of the molecule is CC(C)CCN=C(N)NCCN(C)S(=O)(=O)c1cccs1.I. The van der Waals surface area contributed by atoms with Gasteiger partial charge in [-0.1, -0.05) is 19.9 Å². The zero-order valence-electron chi connectivity index (χ0n) is 13.2. The summed E-state index contributed by atoms with van der Waals surface area (Å²) in [7, 11) is -1.83. The molecule has 0 saturated heterocycles. The van der Waals surface area contributed by atoms with Gasteiger partial charge in [0.1, 0.15) is 4.21 Å². The highest BCUT2D eigenvalue weighted by molar-refractivity contribution is 14.0. The van der Waals surface area contributed by atoms with Crippen molar-refractivity contribution >= 4 is 51.3 Å². The van der Waals surface area contributed by atoms with Crippen molar-refractivity contribution < 1.29 is 8.42 Å². The lowest BCUT2D eigenvalue weighted by molar-refractivity contribution is 0.472. The van der Waals surface area contributed by atoms with Gasteiger partial charge in [-0.3, -0.25) is 4.99 Å². The number of aliphatic imine (C=N–C) groups is 1. The summed E-state index contributed by atoms with van der Waals surface area (Å²) in [5.74, 6) is 0.946. The minimum absolute atomic E-state index is 0. The molecule has 1 aromatic rings. The molecule has 1 aromatic heterocycles. The Morgan fingerprint density at radius 2 is 2.18 bits per heavy atom. The first kappa shape index (κ1) is 21.6. The number of hydrogen-bond acceptors (Lipinski definition) is 4. The van der Waals surface area contributed by atoms with Gasteiger partial charge in [0.15, 0.2) is 5.96 Å². The molecule has 0 aliphatic rings. The van der Waals surface area contributed by atoms with Crippen LogP contribution in [-0.4, -0.2) is 45.4 Å². The molecule has 0 radical (unpaired) electrons. The normalized spacial score (nSPS) is 12.5. The molecule has 0 fully saturated rings. The molecule has 0 bridgehead atoms. The van der Waals surface area contributed by atoms with Gasteiger partial charge >= 0.3 is 0 Å². The second kappa shape index (κ2) is 10.4. The van der Waals surface area contributed by atoms with Crippen molar-refractivity contribution in [1.29, 1.82) is 0 Å². The average Bonchev–Trinajstić information content (AvgIpc) is 2.92. The Morgan fingerprint density at radius 1 is 1.50 bits per heavy atom. The molecule has 0 aliphatic heterocycles. The fourth-order valence-electron chi connectivity index (χ4n) is 1.52. The lowest BCUT2D eigenvalue weighted by Crippen LogP contribution is -2.39. The molecule has 1 rings (SSSR count). The Hall–Kier alpha value is -0.390. The number of nitrogens with two attached hydrogens (primary N) is 1. The van der Waals surface area contributed by atoms with Gasteiger partial charge in [0.05, 0.1) is 0 Å². The maximum Gasteiger partial charge on any atom is 0.252 e. The fourth-order valence-corrected chi connectivity index (χ4v) is 3.90. The highest BCUT2D eigenvalue weighted by Gasteiger charge is 2.20. The molecule has 0 amide bonds. The lowest BCUT2D eigenvalue weighted by Gasteiger charge is -2.16. The van der Waals surface area contributed by atoms with Crippen molar-refractivity contribution in [1.82, 2.24) is 9.62 Å². The highest BCUT2D eigenvalue weighted by atomic mass is 127. The van der Waals surface area contributed by atoms with E-state index in [1.807, 2.05) is 0 Å². The maximum atomic E-state index is 12.2. The number of sulfonamides is 1. The maximum absolute atomic E-state index is 12.2. The Morgan fingerprint density at radius 3 is 2.73 bits per heavy atom. The van der Waals surface area contributed by atoms with Crippen LogP contribution in [0, 0.1) is 5.92 Å². The fraction of sp³-hybridized carbons (Fsp3) is 0.615. The smallest absolute Gasteiger partial charge is 0.252 e. The standard InChI is InChI=1S/C13H24N4O2S2.HI/c1-11(2)6-7-15-13(14)16-8-9-17(3)21(18,19)12-5-4-10-20-12;/h4-5,10-11H,6-9H2,1-3H3,(H3,14,15,16);1H. The van der Waals surface area contributed by atoms with Crippen molar-refractivity contribution in [2.75, 3.05) is 26.7 Å². The molecule has 0 aliphatic carbocycles. The van der Waals surface area contributed by atoms with Gasteiger partial charge in [-0.05, 0) is 23.8 Å². The minimum Gasteiger partial charge on any atom is -0.370 e. The Kier molecular flexibility index (Phi) is 10.2. The second-order valence-electron chi connectivity index (χ2n) is 5.13. The summed E-state index contributed by atoms with van der Waals surface area (Å²) in [6.45, 7) is 5.70. The summed E-state index contributed by atoms with van der Waals surface area (Å²) >= 11 is 1.21. The third-order valence-electron chi connectivity index (χ3n) is 2.88. The number of nitrogens with one attached hydrogen (secondary N) is 1. The van der Waals surface area contributed by atoms with E-state index in [1.54, 1.807) is 24.6 Å². The van der Waals surface area contributed by atoms with E-state index >= 15 is 0 Å². The van der Waals surface area contributed by atoms with Crippen LogP contribution in [0.4, 0.5) is 0 Å². The highest BCUT2D eigenvalue weighted by Crippen LogP contribution is 2.19. The third kappa shape index (κ3) is 7.25. The van der Waals surface area contributed by atoms with Gasteiger partial charge < -0.3 is 11.1 Å². The van der Waals surface area contributed by atoms with Crippen molar-refractivity contribution in [2.45, 2.75) is 24.5 Å². The van der Waals surface area contributed by atoms with Gasteiger partial charge in [0.2, 0.25) is 0 Å². The zero-order valence-corrected chi connectivity index (χ0v) is 17.1. The molecule has 0 atom stereocenters. The molecule has 3 N–H and O–H groups in total. The van der Waals surface area contributed by atoms with E-state index < -0.39 is 10.0 Å². The molecule has 22 heavy (non-hydrogen) atoms. The predicted molar refractivity (Wildman–Crippen MR) is 103 cm³/mol. The van der Waals surface area contributed by atoms with E-state index in [0.29, 0.717) is 35.7 Å². The van der Waals surface area contributed by atoms with Crippen molar-refractivity contribution in [3.05, 3.63) is 17.5 Å². The van der Waals surface area contributed by atoms with Gasteiger partial charge in [0.25, 0.3) is 10.0 Å². The largest absolute Gasteiger partial charge is 0.370 e. The molecule has 0 aromatic carbocycles. The monoisotopic (exact) mass is 460 g/mol. The van der Waals surface area contributed by atoms with Crippen LogP contribution in [0.5, 0.6) is 0 Å². The predicted octanol–water partition coefficient (Wildman–Crippen LogP) is 1.94. The zero-order chi connectivity index (χ0) is 15.9. The van der Waals surface area contributed by atoms with Crippen molar-refractivity contribution in [3.8, 4) is 0 Å². The van der Waals surface area contributed by atoms with Crippen molar-refractivity contribution in [2.24, 2.45) is 16.6 Å². The number of hydrogen-bond donors (Lipinski definition) is 2. The van der Waals surface area contributed by atoms with Crippen molar-refractivity contribution in [3.63, 3.8) is 0 Å². The van der Waals surface area contributed by atoms with Crippen LogP contribution in [0.25, 0.3) is 0 Å². The Bertz CT molecular complexity index is 544. The van der Waals surface area contributed by atoms with E-state index in [9.17, 15) is 8.42 Å². The minimum atomic E-state index is -3.39. The molecule has 0 unspecified atom stereocenters. The van der Waals surface area contributed by atoms with Gasteiger partial charge in [-0.25, -0.2) is 8.42 Å². The summed E-state index contributed by atoms with van der Waals surface area (Å²) < 4.78 is 26.0. The van der Waals surface area contributed by atoms with E-state index in [4.69, 9.17) is 5.73 Å². The number of rotatable bonds is 8. The topological polar surface area (TPSA) is 87.8 Å². The molecule has 128 valence electrons. The third-order valence-corrected chi connectivity index (χ3v) is 6.11. The van der Waals surface area contributed by atoms with Crippen LogP contribution in [0.2, 0.25) is 0 Å². The first-order valence-electron chi connectivity index (χ1n) is 6.87. The molecular formula is C13H25IN4O2S2. The summed E-state index contributed by atoms with van der Waals surface area (Å²) in [4.78, 5) is 4.19. The Balaban J connectivity index is 0.00000441. The molecule has 0 spiro atoms. The van der Waals surface area contributed by atoms with E-state index in [-0.39, 0.29) is 24.0 Å². The van der Waals surface area contributed by atoms with Crippen LogP contribution >= 0.6 is 35.3 Å². The lowest BCUT2D eigenvalue weighted by atomic mass is 10.1.